The van der Waals surface area contributed by atoms with Crippen molar-refractivity contribution in [2.45, 2.75) is 19.4 Å². The van der Waals surface area contributed by atoms with Gasteiger partial charge in [-0.25, -0.2) is 4.39 Å². The molecule has 1 heterocycles. The lowest BCUT2D eigenvalue weighted by molar-refractivity contribution is 0.172. The zero-order chi connectivity index (χ0) is 13.0. The topological polar surface area (TPSA) is 39.1 Å². The van der Waals surface area contributed by atoms with Gasteiger partial charge in [-0.2, -0.15) is 5.26 Å². The number of hydrogen-bond donors (Lipinski definition) is 1. The number of piperazine rings is 1. The van der Waals surface area contributed by atoms with Crippen LogP contribution in [0.3, 0.4) is 0 Å². The molecule has 0 bridgehead atoms. The first-order valence-corrected chi connectivity index (χ1v) is 6.30. The van der Waals surface area contributed by atoms with Crippen LogP contribution in [-0.4, -0.2) is 31.1 Å². The Hall–Kier alpha value is -0.860. The molecule has 1 aliphatic rings. The van der Waals surface area contributed by atoms with E-state index in [1.54, 1.807) is 6.07 Å². The Morgan fingerprint density at radius 3 is 2.60 bits per heavy atom. The summed E-state index contributed by atoms with van der Waals surface area (Å²) in [5, 5.41) is 12.2. The van der Waals surface area contributed by atoms with Crippen molar-refractivity contribution in [1.82, 2.24) is 10.2 Å². The van der Waals surface area contributed by atoms with Crippen molar-refractivity contribution in [3.63, 3.8) is 0 Å². The Labute approximate surface area is 132 Å². The molecule has 1 aromatic rings. The SMILES string of the molecule is Cc1ccc(F)c([C@@H](CC#N)N2CCNCC2)c1.Cl.Cl. The molecule has 0 spiro atoms. The molecule has 112 valence electrons. The van der Waals surface area contributed by atoms with Gasteiger partial charge in [0.25, 0.3) is 0 Å². The smallest absolute Gasteiger partial charge is 0.128 e. The van der Waals surface area contributed by atoms with E-state index in [1.807, 2.05) is 13.0 Å². The molecule has 0 aliphatic carbocycles. The third-order valence-corrected chi connectivity index (χ3v) is 3.39. The van der Waals surface area contributed by atoms with Crippen molar-refractivity contribution in [1.29, 1.82) is 5.26 Å². The first-order chi connectivity index (χ1) is 8.72. The number of halogens is 3. The summed E-state index contributed by atoms with van der Waals surface area (Å²) in [6.07, 6.45) is 0.334. The quantitative estimate of drug-likeness (QED) is 0.931. The van der Waals surface area contributed by atoms with Crippen LogP contribution in [-0.2, 0) is 0 Å². The number of rotatable bonds is 3. The Bertz CT molecular complexity index is 456. The van der Waals surface area contributed by atoms with Gasteiger partial charge in [0.2, 0.25) is 0 Å². The lowest BCUT2D eigenvalue weighted by Gasteiger charge is -2.34. The molecule has 1 saturated heterocycles. The highest BCUT2D eigenvalue weighted by Gasteiger charge is 2.24. The maximum absolute atomic E-state index is 13.9. The zero-order valence-electron chi connectivity index (χ0n) is 11.4. The van der Waals surface area contributed by atoms with Crippen LogP contribution in [0.15, 0.2) is 18.2 Å². The molecule has 0 unspecified atom stereocenters. The van der Waals surface area contributed by atoms with Crippen molar-refractivity contribution in [3.05, 3.63) is 35.1 Å². The second kappa shape index (κ2) is 9.15. The molecule has 1 atom stereocenters. The highest BCUT2D eigenvalue weighted by atomic mass is 35.5. The molecule has 2 rings (SSSR count). The molecular formula is C14H20Cl2FN3. The fraction of sp³-hybridized carbons (Fsp3) is 0.500. The minimum atomic E-state index is -0.209. The van der Waals surface area contributed by atoms with Gasteiger partial charge < -0.3 is 5.32 Å². The van der Waals surface area contributed by atoms with E-state index in [-0.39, 0.29) is 36.7 Å². The van der Waals surface area contributed by atoms with Crippen LogP contribution in [0.4, 0.5) is 4.39 Å². The Morgan fingerprint density at radius 1 is 1.35 bits per heavy atom. The predicted molar refractivity (Wildman–Crippen MR) is 83.0 cm³/mol. The summed E-state index contributed by atoms with van der Waals surface area (Å²) in [6.45, 7) is 5.47. The highest BCUT2D eigenvalue weighted by Crippen LogP contribution is 2.27. The fourth-order valence-corrected chi connectivity index (χ4v) is 2.43. The van der Waals surface area contributed by atoms with Gasteiger partial charge in [-0.15, -0.1) is 24.8 Å². The number of nitrogens with one attached hydrogen (secondary N) is 1. The van der Waals surface area contributed by atoms with Crippen molar-refractivity contribution < 1.29 is 4.39 Å². The molecule has 0 saturated carbocycles. The second-order valence-corrected chi connectivity index (χ2v) is 4.69. The number of aryl methyl sites for hydroxylation is 1. The fourth-order valence-electron chi connectivity index (χ4n) is 2.43. The van der Waals surface area contributed by atoms with Gasteiger partial charge in [-0.1, -0.05) is 17.7 Å². The summed E-state index contributed by atoms with van der Waals surface area (Å²) in [7, 11) is 0. The molecule has 20 heavy (non-hydrogen) atoms. The molecule has 6 heteroatoms. The third kappa shape index (κ3) is 4.60. The summed E-state index contributed by atoms with van der Waals surface area (Å²) < 4.78 is 13.9. The Balaban J connectivity index is 0.00000180. The van der Waals surface area contributed by atoms with E-state index >= 15 is 0 Å². The van der Waals surface area contributed by atoms with Crippen LogP contribution in [0.25, 0.3) is 0 Å². The van der Waals surface area contributed by atoms with E-state index in [9.17, 15) is 4.39 Å². The van der Waals surface area contributed by atoms with Gasteiger partial charge in [0.05, 0.1) is 18.5 Å². The molecule has 1 fully saturated rings. The zero-order valence-corrected chi connectivity index (χ0v) is 13.1. The van der Waals surface area contributed by atoms with Crippen molar-refractivity contribution in [2.24, 2.45) is 0 Å². The van der Waals surface area contributed by atoms with Gasteiger partial charge in [-0.05, 0) is 13.0 Å². The van der Waals surface area contributed by atoms with E-state index in [2.05, 4.69) is 16.3 Å². The van der Waals surface area contributed by atoms with Crippen molar-refractivity contribution in [2.75, 3.05) is 26.2 Å². The summed E-state index contributed by atoms with van der Waals surface area (Å²) in [6, 6.07) is 7.18. The Morgan fingerprint density at radius 2 is 2.00 bits per heavy atom. The number of benzene rings is 1. The van der Waals surface area contributed by atoms with E-state index in [4.69, 9.17) is 5.26 Å². The standard InChI is InChI=1S/C14H18FN3.2ClH/c1-11-2-3-13(15)12(10-11)14(4-5-16)18-8-6-17-7-9-18;;/h2-3,10,14,17H,4,6-9H2,1H3;2*1H/t14-;;/m1../s1. The van der Waals surface area contributed by atoms with Crippen LogP contribution < -0.4 is 5.32 Å². The average molecular weight is 320 g/mol. The molecular weight excluding hydrogens is 300 g/mol. The van der Waals surface area contributed by atoms with Crippen LogP contribution in [0, 0.1) is 24.1 Å². The van der Waals surface area contributed by atoms with Gasteiger partial charge in [-0.3, -0.25) is 4.90 Å². The second-order valence-electron chi connectivity index (χ2n) is 4.69. The summed E-state index contributed by atoms with van der Waals surface area (Å²) >= 11 is 0. The minimum Gasteiger partial charge on any atom is -0.314 e. The van der Waals surface area contributed by atoms with Crippen molar-refractivity contribution >= 4 is 24.8 Å². The molecule has 0 aromatic heterocycles. The number of nitriles is 1. The Kier molecular flexibility index (Phi) is 8.75. The van der Waals surface area contributed by atoms with Crippen LogP contribution in [0.1, 0.15) is 23.6 Å². The van der Waals surface area contributed by atoms with E-state index < -0.39 is 0 Å². The highest BCUT2D eigenvalue weighted by molar-refractivity contribution is 5.85. The first-order valence-electron chi connectivity index (χ1n) is 6.30. The molecule has 0 radical (unpaired) electrons. The maximum atomic E-state index is 13.9. The summed E-state index contributed by atoms with van der Waals surface area (Å²) in [4.78, 5) is 2.19. The van der Waals surface area contributed by atoms with Crippen LogP contribution >= 0.6 is 24.8 Å². The normalized spacial score (nSPS) is 16.4. The molecule has 3 nitrogen and oxygen atoms in total. The number of nitrogens with zero attached hydrogens (tertiary/aromatic N) is 2. The molecule has 1 aromatic carbocycles. The average Bonchev–Trinajstić information content (AvgIpc) is 2.40. The predicted octanol–water partition coefficient (Wildman–Crippen LogP) is 2.84. The van der Waals surface area contributed by atoms with E-state index in [1.165, 1.54) is 6.07 Å². The molecule has 1 N–H and O–H groups in total. The maximum Gasteiger partial charge on any atom is 0.128 e. The van der Waals surface area contributed by atoms with Crippen molar-refractivity contribution in [3.8, 4) is 6.07 Å². The third-order valence-electron chi connectivity index (χ3n) is 3.39. The lowest BCUT2D eigenvalue weighted by atomic mass is 9.99. The van der Waals surface area contributed by atoms with Gasteiger partial charge in [0, 0.05) is 31.7 Å². The summed E-state index contributed by atoms with van der Waals surface area (Å²) in [5.41, 5.74) is 1.68. The summed E-state index contributed by atoms with van der Waals surface area (Å²) in [5.74, 6) is -0.209. The largest absolute Gasteiger partial charge is 0.314 e. The van der Waals surface area contributed by atoms with Gasteiger partial charge in [0.1, 0.15) is 5.82 Å². The monoisotopic (exact) mass is 319 g/mol. The van der Waals surface area contributed by atoms with Gasteiger partial charge in [0.15, 0.2) is 0 Å². The minimum absolute atomic E-state index is 0. The van der Waals surface area contributed by atoms with Crippen LogP contribution in [0.5, 0.6) is 0 Å². The van der Waals surface area contributed by atoms with Crippen LogP contribution in [0.2, 0.25) is 0 Å². The number of hydrogen-bond acceptors (Lipinski definition) is 3. The van der Waals surface area contributed by atoms with Gasteiger partial charge >= 0.3 is 0 Å². The lowest BCUT2D eigenvalue weighted by Crippen LogP contribution is -2.45. The molecule has 0 amide bonds. The molecule has 1 aliphatic heterocycles. The first kappa shape index (κ1) is 19.1. The van der Waals surface area contributed by atoms with E-state index in [0.717, 1.165) is 31.7 Å². The van der Waals surface area contributed by atoms with E-state index in [0.29, 0.717) is 12.0 Å².